The van der Waals surface area contributed by atoms with Crippen molar-refractivity contribution >= 4 is 10.0 Å². The van der Waals surface area contributed by atoms with E-state index < -0.39 is 29.2 Å². The van der Waals surface area contributed by atoms with E-state index in [4.69, 9.17) is 0 Å². The number of H-pyrrole nitrogens is 1. The normalized spacial score (nSPS) is 13.1. The van der Waals surface area contributed by atoms with Crippen LogP contribution in [0.25, 0.3) is 0 Å². The Morgan fingerprint density at radius 2 is 2.00 bits per heavy atom. The van der Waals surface area contributed by atoms with E-state index in [1.165, 1.54) is 0 Å². The van der Waals surface area contributed by atoms with Crippen LogP contribution in [0.5, 0.6) is 0 Å². The SMILES string of the molecule is CCNCc1c(S(=O)(=O)N(C)CCC(F)(F)F)n[nH]c1C. The lowest BCUT2D eigenvalue weighted by atomic mass is 10.2. The van der Waals surface area contributed by atoms with Gasteiger partial charge in [-0.1, -0.05) is 6.92 Å². The van der Waals surface area contributed by atoms with E-state index in [1.807, 2.05) is 6.92 Å². The molecule has 0 aromatic carbocycles. The summed E-state index contributed by atoms with van der Waals surface area (Å²) in [5.41, 5.74) is 1.01. The number of aromatic nitrogens is 2. The first-order chi connectivity index (χ1) is 9.59. The summed E-state index contributed by atoms with van der Waals surface area (Å²) in [6, 6.07) is 0. The maximum atomic E-state index is 12.3. The maximum absolute atomic E-state index is 12.3. The zero-order valence-electron chi connectivity index (χ0n) is 12.1. The Bertz CT molecular complexity index is 569. The van der Waals surface area contributed by atoms with Crippen LogP contribution in [-0.2, 0) is 16.6 Å². The summed E-state index contributed by atoms with van der Waals surface area (Å²) in [5.74, 6) is 0. The summed E-state index contributed by atoms with van der Waals surface area (Å²) >= 11 is 0. The minimum Gasteiger partial charge on any atom is -0.313 e. The molecule has 0 bridgehead atoms. The quantitative estimate of drug-likeness (QED) is 0.793. The van der Waals surface area contributed by atoms with Crippen LogP contribution < -0.4 is 5.32 Å². The zero-order chi connectivity index (χ0) is 16.3. The largest absolute Gasteiger partial charge is 0.390 e. The molecule has 0 aliphatic rings. The minimum atomic E-state index is -4.40. The number of hydrogen-bond acceptors (Lipinski definition) is 4. The van der Waals surface area contributed by atoms with E-state index in [9.17, 15) is 21.6 Å². The van der Waals surface area contributed by atoms with E-state index >= 15 is 0 Å². The summed E-state index contributed by atoms with van der Waals surface area (Å²) in [7, 11) is -2.94. The van der Waals surface area contributed by atoms with Crippen LogP contribution >= 0.6 is 0 Å². The third kappa shape index (κ3) is 4.68. The van der Waals surface area contributed by atoms with Gasteiger partial charge in [0.15, 0.2) is 5.03 Å². The highest BCUT2D eigenvalue weighted by Crippen LogP contribution is 2.23. The van der Waals surface area contributed by atoms with Crippen LogP contribution in [0, 0.1) is 6.92 Å². The van der Waals surface area contributed by atoms with Gasteiger partial charge in [-0.25, -0.2) is 8.42 Å². The Morgan fingerprint density at radius 1 is 1.38 bits per heavy atom. The highest BCUT2D eigenvalue weighted by atomic mass is 32.2. The van der Waals surface area contributed by atoms with Gasteiger partial charge in [0.05, 0.1) is 6.42 Å². The van der Waals surface area contributed by atoms with Crippen LogP contribution in [0.15, 0.2) is 5.03 Å². The van der Waals surface area contributed by atoms with E-state index in [1.54, 1.807) is 6.92 Å². The second-order valence-corrected chi connectivity index (χ2v) is 6.56. The van der Waals surface area contributed by atoms with Crippen molar-refractivity contribution in [3.05, 3.63) is 11.3 Å². The van der Waals surface area contributed by atoms with E-state index in [0.717, 1.165) is 7.05 Å². The number of halogens is 3. The first-order valence-corrected chi connectivity index (χ1v) is 7.81. The number of nitrogens with zero attached hydrogens (tertiary/aromatic N) is 2. The molecule has 0 saturated heterocycles. The first kappa shape index (κ1) is 17.9. The van der Waals surface area contributed by atoms with Crippen LogP contribution in [0.1, 0.15) is 24.6 Å². The number of aromatic amines is 1. The molecule has 1 heterocycles. The molecule has 6 nitrogen and oxygen atoms in total. The summed E-state index contributed by atoms with van der Waals surface area (Å²) in [5, 5.41) is 9.04. The number of sulfonamides is 1. The molecule has 0 aliphatic heterocycles. The Balaban J connectivity index is 2.97. The monoisotopic (exact) mass is 328 g/mol. The van der Waals surface area contributed by atoms with Crippen molar-refractivity contribution < 1.29 is 21.6 Å². The van der Waals surface area contributed by atoms with Crippen LogP contribution in [0.3, 0.4) is 0 Å². The first-order valence-electron chi connectivity index (χ1n) is 6.37. The summed E-state index contributed by atoms with van der Waals surface area (Å²) in [6.45, 7) is 3.79. The third-order valence-electron chi connectivity index (χ3n) is 2.95. The topological polar surface area (TPSA) is 78.1 Å². The van der Waals surface area contributed by atoms with Crippen molar-refractivity contribution in [1.29, 1.82) is 0 Å². The van der Waals surface area contributed by atoms with Gasteiger partial charge in [-0.15, -0.1) is 0 Å². The number of nitrogens with one attached hydrogen (secondary N) is 2. The van der Waals surface area contributed by atoms with Gasteiger partial charge in [-0.2, -0.15) is 22.6 Å². The lowest BCUT2D eigenvalue weighted by Crippen LogP contribution is -2.32. The molecule has 0 saturated carbocycles. The van der Waals surface area contributed by atoms with Crippen molar-refractivity contribution in [2.75, 3.05) is 20.1 Å². The molecule has 21 heavy (non-hydrogen) atoms. The number of alkyl halides is 3. The molecule has 1 rings (SSSR count). The van der Waals surface area contributed by atoms with Gasteiger partial charge in [0, 0.05) is 31.4 Å². The van der Waals surface area contributed by atoms with E-state index in [0.29, 0.717) is 22.1 Å². The van der Waals surface area contributed by atoms with E-state index in [2.05, 4.69) is 15.5 Å². The predicted octanol–water partition coefficient (Wildman–Crippen LogP) is 1.40. The molecular formula is C11H19F3N4O2S. The second-order valence-electron chi connectivity index (χ2n) is 4.60. The Morgan fingerprint density at radius 3 is 2.52 bits per heavy atom. The van der Waals surface area contributed by atoms with Gasteiger partial charge >= 0.3 is 6.18 Å². The molecule has 2 N–H and O–H groups in total. The van der Waals surface area contributed by atoms with Gasteiger partial charge in [0.25, 0.3) is 10.0 Å². The van der Waals surface area contributed by atoms with Crippen molar-refractivity contribution in [3.63, 3.8) is 0 Å². The summed E-state index contributed by atoms with van der Waals surface area (Å²) in [4.78, 5) is 0. The maximum Gasteiger partial charge on any atom is 0.390 e. The van der Waals surface area contributed by atoms with Crippen molar-refractivity contribution in [2.45, 2.75) is 38.0 Å². The number of aryl methyl sites for hydroxylation is 1. The van der Waals surface area contributed by atoms with Gasteiger partial charge in [-0.3, -0.25) is 5.10 Å². The fourth-order valence-electron chi connectivity index (χ4n) is 1.65. The van der Waals surface area contributed by atoms with Crippen LogP contribution in [0.4, 0.5) is 13.2 Å². The standard InChI is InChI=1S/C11H19F3N4O2S/c1-4-15-7-9-8(2)16-17-10(9)21(19,20)18(3)6-5-11(12,13)14/h15H,4-7H2,1-3H3,(H,16,17). The van der Waals surface area contributed by atoms with Gasteiger partial charge < -0.3 is 5.32 Å². The minimum absolute atomic E-state index is 0.231. The number of hydrogen-bond donors (Lipinski definition) is 2. The number of rotatable bonds is 7. The molecule has 0 unspecified atom stereocenters. The molecule has 0 spiro atoms. The summed E-state index contributed by atoms with van der Waals surface area (Å²) in [6.07, 6.45) is -5.60. The Kier molecular flexibility index (Phi) is 5.76. The van der Waals surface area contributed by atoms with Gasteiger partial charge in [0.2, 0.25) is 0 Å². The average molecular weight is 328 g/mol. The molecule has 0 fully saturated rings. The molecule has 122 valence electrons. The highest BCUT2D eigenvalue weighted by Gasteiger charge is 2.32. The molecule has 1 aromatic heterocycles. The molecule has 10 heteroatoms. The van der Waals surface area contributed by atoms with E-state index in [-0.39, 0.29) is 11.6 Å². The molecule has 0 amide bonds. The third-order valence-corrected chi connectivity index (χ3v) is 4.78. The Labute approximate surface area is 121 Å². The van der Waals surface area contributed by atoms with Crippen LogP contribution in [-0.4, -0.2) is 49.2 Å². The van der Waals surface area contributed by atoms with Crippen molar-refractivity contribution in [3.8, 4) is 0 Å². The van der Waals surface area contributed by atoms with Crippen LogP contribution in [0.2, 0.25) is 0 Å². The average Bonchev–Trinajstić information content (AvgIpc) is 2.74. The second kappa shape index (κ2) is 6.75. The lowest BCUT2D eigenvalue weighted by Gasteiger charge is -2.17. The van der Waals surface area contributed by atoms with Gasteiger partial charge in [-0.05, 0) is 13.5 Å². The fourth-order valence-corrected chi connectivity index (χ4v) is 2.98. The zero-order valence-corrected chi connectivity index (χ0v) is 12.9. The highest BCUT2D eigenvalue weighted by molar-refractivity contribution is 7.89. The van der Waals surface area contributed by atoms with Crippen molar-refractivity contribution in [1.82, 2.24) is 19.8 Å². The molecule has 0 atom stereocenters. The summed E-state index contributed by atoms with van der Waals surface area (Å²) < 4.78 is 61.9. The van der Waals surface area contributed by atoms with Gasteiger partial charge in [0.1, 0.15) is 0 Å². The smallest absolute Gasteiger partial charge is 0.313 e. The van der Waals surface area contributed by atoms with Crippen molar-refractivity contribution in [2.24, 2.45) is 0 Å². The fraction of sp³-hybridized carbons (Fsp3) is 0.727. The molecule has 0 radical (unpaired) electrons. The molecule has 0 aliphatic carbocycles. The predicted molar refractivity (Wildman–Crippen MR) is 71.2 cm³/mol. The Hall–Kier alpha value is -1.13. The molecule has 1 aromatic rings. The molecular weight excluding hydrogens is 309 g/mol. The lowest BCUT2D eigenvalue weighted by molar-refractivity contribution is -0.135.